The van der Waals surface area contributed by atoms with Crippen molar-refractivity contribution in [3.63, 3.8) is 0 Å². The first kappa shape index (κ1) is 33.6. The van der Waals surface area contributed by atoms with E-state index in [0.29, 0.717) is 35.4 Å². The standard InChI is InChI=1S/C33H40FN5O8/c1-17-15-43-16-23(17)45-29(40)37-24-12-19-11-20(25(34)26(22(19)14-35-24)38-30(41)46-32(3,4)5)21-13-36-28-27(18(21)2)39(9-10-44-28)31(42)47-33(6,7)8/h11-14,17,23H,9-10,15-16H2,1-8H3,(H,38,41)(H,35,37,40). The highest BCUT2D eigenvalue weighted by molar-refractivity contribution is 6.05. The molecule has 1 aromatic carbocycles. The van der Waals surface area contributed by atoms with Crippen molar-refractivity contribution in [3.8, 4) is 17.0 Å². The molecule has 2 unspecified atom stereocenters. The number of aromatic nitrogens is 2. The molecule has 13 nitrogen and oxygen atoms in total. The van der Waals surface area contributed by atoms with E-state index in [9.17, 15) is 14.4 Å². The second kappa shape index (κ2) is 12.8. The van der Waals surface area contributed by atoms with Gasteiger partial charge in [-0.3, -0.25) is 15.5 Å². The first-order valence-corrected chi connectivity index (χ1v) is 15.3. The minimum absolute atomic E-state index is 0.0439. The third kappa shape index (κ3) is 7.64. The van der Waals surface area contributed by atoms with E-state index in [2.05, 4.69) is 20.6 Å². The molecule has 5 rings (SSSR count). The van der Waals surface area contributed by atoms with Crippen LogP contribution < -0.4 is 20.3 Å². The Morgan fingerprint density at radius 3 is 2.34 bits per heavy atom. The van der Waals surface area contributed by atoms with E-state index < -0.39 is 41.4 Å². The maximum Gasteiger partial charge on any atom is 0.415 e. The number of pyridine rings is 2. The molecule has 0 aliphatic carbocycles. The average molecular weight is 654 g/mol. The van der Waals surface area contributed by atoms with Gasteiger partial charge in [0.1, 0.15) is 35.4 Å². The highest BCUT2D eigenvalue weighted by atomic mass is 19.1. The minimum Gasteiger partial charge on any atom is -0.474 e. The van der Waals surface area contributed by atoms with Crippen LogP contribution in [0.4, 0.5) is 36.0 Å². The smallest absolute Gasteiger partial charge is 0.415 e. The lowest BCUT2D eigenvalue weighted by Gasteiger charge is -2.32. The van der Waals surface area contributed by atoms with Crippen LogP contribution >= 0.6 is 0 Å². The van der Waals surface area contributed by atoms with Crippen LogP contribution in [0.15, 0.2) is 24.5 Å². The summed E-state index contributed by atoms with van der Waals surface area (Å²) in [5, 5.41) is 5.82. The van der Waals surface area contributed by atoms with Crippen molar-refractivity contribution in [2.24, 2.45) is 5.92 Å². The van der Waals surface area contributed by atoms with Gasteiger partial charge in [0.15, 0.2) is 5.82 Å². The summed E-state index contributed by atoms with van der Waals surface area (Å²) in [4.78, 5) is 48.8. The van der Waals surface area contributed by atoms with Crippen molar-refractivity contribution in [1.82, 2.24) is 9.97 Å². The summed E-state index contributed by atoms with van der Waals surface area (Å²) in [5.74, 6) is -0.402. The van der Waals surface area contributed by atoms with Crippen LogP contribution in [-0.2, 0) is 18.9 Å². The first-order chi connectivity index (χ1) is 22.0. The fourth-order valence-corrected chi connectivity index (χ4v) is 5.24. The second-order valence-electron chi connectivity index (χ2n) is 13.5. The SMILES string of the molecule is Cc1c(-c2cc3cc(NC(=O)OC4COCC4C)ncc3c(NC(=O)OC(C)(C)C)c2F)cnc2c1N(C(=O)OC(C)(C)C)CCO2. The molecular weight excluding hydrogens is 613 g/mol. The molecule has 2 N–H and O–H groups in total. The van der Waals surface area contributed by atoms with Gasteiger partial charge in [-0.1, -0.05) is 6.92 Å². The molecule has 2 aliphatic rings. The number of carbonyl (C=O) groups excluding carboxylic acids is 3. The van der Waals surface area contributed by atoms with Gasteiger partial charge in [-0.25, -0.2) is 28.7 Å². The lowest BCUT2D eigenvalue weighted by Crippen LogP contribution is -2.42. The number of carbonyl (C=O) groups is 3. The van der Waals surface area contributed by atoms with Gasteiger partial charge < -0.3 is 23.7 Å². The van der Waals surface area contributed by atoms with Gasteiger partial charge in [-0.05, 0) is 71.5 Å². The van der Waals surface area contributed by atoms with Crippen LogP contribution in [0.25, 0.3) is 21.9 Å². The van der Waals surface area contributed by atoms with E-state index in [-0.39, 0.29) is 47.4 Å². The molecule has 252 valence electrons. The summed E-state index contributed by atoms with van der Waals surface area (Å²) in [7, 11) is 0. The second-order valence-corrected chi connectivity index (χ2v) is 13.5. The van der Waals surface area contributed by atoms with Crippen molar-refractivity contribution in [3.05, 3.63) is 35.9 Å². The molecular formula is C33H40FN5O8. The number of benzene rings is 1. The van der Waals surface area contributed by atoms with Crippen LogP contribution in [0.5, 0.6) is 5.88 Å². The lowest BCUT2D eigenvalue weighted by molar-refractivity contribution is 0.0564. The molecule has 2 aliphatic heterocycles. The zero-order valence-corrected chi connectivity index (χ0v) is 27.8. The molecule has 47 heavy (non-hydrogen) atoms. The largest absolute Gasteiger partial charge is 0.474 e. The van der Waals surface area contributed by atoms with Crippen LogP contribution in [0.2, 0.25) is 0 Å². The number of ether oxygens (including phenoxy) is 5. The fraction of sp³-hybridized carbons (Fsp3) is 0.485. The molecule has 4 heterocycles. The number of hydrogen-bond acceptors (Lipinski definition) is 10. The normalized spacial score (nSPS) is 17.9. The Hall–Kier alpha value is -4.72. The van der Waals surface area contributed by atoms with Gasteiger partial charge in [0.2, 0.25) is 5.88 Å². The molecule has 14 heteroatoms. The predicted octanol–water partition coefficient (Wildman–Crippen LogP) is 6.81. The quantitative estimate of drug-likeness (QED) is 0.288. The van der Waals surface area contributed by atoms with Gasteiger partial charge in [-0.15, -0.1) is 0 Å². The van der Waals surface area contributed by atoms with E-state index in [1.165, 1.54) is 23.4 Å². The number of fused-ring (bicyclic) bond motifs is 2. The summed E-state index contributed by atoms with van der Waals surface area (Å²) in [6.45, 7) is 15.2. The summed E-state index contributed by atoms with van der Waals surface area (Å²) in [6.07, 6.45) is 0.189. The predicted molar refractivity (Wildman–Crippen MR) is 172 cm³/mol. The first-order valence-electron chi connectivity index (χ1n) is 15.3. The van der Waals surface area contributed by atoms with E-state index in [4.69, 9.17) is 23.7 Å². The van der Waals surface area contributed by atoms with Gasteiger partial charge in [0, 0.05) is 34.8 Å². The number of amides is 3. The molecule has 0 saturated carbocycles. The van der Waals surface area contributed by atoms with Crippen LogP contribution in [0.3, 0.4) is 0 Å². The molecule has 2 aromatic heterocycles. The topological polar surface area (TPSA) is 150 Å². The number of halogens is 1. The van der Waals surface area contributed by atoms with Crippen LogP contribution in [0, 0.1) is 18.7 Å². The molecule has 1 saturated heterocycles. The van der Waals surface area contributed by atoms with Crippen molar-refractivity contribution in [1.29, 1.82) is 0 Å². The maximum absolute atomic E-state index is 16.6. The summed E-state index contributed by atoms with van der Waals surface area (Å²) in [6, 6.07) is 3.08. The van der Waals surface area contributed by atoms with Crippen molar-refractivity contribution in [2.75, 3.05) is 41.9 Å². The molecule has 0 radical (unpaired) electrons. The third-order valence-corrected chi connectivity index (χ3v) is 7.37. The lowest BCUT2D eigenvalue weighted by atomic mass is 9.96. The molecule has 0 spiro atoms. The summed E-state index contributed by atoms with van der Waals surface area (Å²) in [5.41, 5.74) is -0.576. The Balaban J connectivity index is 1.59. The van der Waals surface area contributed by atoms with Crippen molar-refractivity contribution >= 4 is 46.2 Å². The highest BCUT2D eigenvalue weighted by Crippen LogP contribution is 2.42. The highest BCUT2D eigenvalue weighted by Gasteiger charge is 2.33. The summed E-state index contributed by atoms with van der Waals surface area (Å²) < 4.78 is 44.2. The van der Waals surface area contributed by atoms with Crippen molar-refractivity contribution in [2.45, 2.75) is 72.7 Å². The minimum atomic E-state index is -0.877. The van der Waals surface area contributed by atoms with E-state index >= 15 is 4.39 Å². The Labute approximate surface area is 272 Å². The zero-order valence-electron chi connectivity index (χ0n) is 27.8. The monoisotopic (exact) mass is 653 g/mol. The van der Waals surface area contributed by atoms with Gasteiger partial charge >= 0.3 is 18.3 Å². The molecule has 1 fully saturated rings. The molecule has 2 atom stereocenters. The van der Waals surface area contributed by atoms with Gasteiger partial charge in [0.05, 0.1) is 25.4 Å². The average Bonchev–Trinajstić information content (AvgIpc) is 3.36. The molecule has 3 amide bonds. The van der Waals surface area contributed by atoms with Gasteiger partial charge in [-0.2, -0.15) is 0 Å². The van der Waals surface area contributed by atoms with E-state index in [0.717, 1.165) is 0 Å². The number of hydrogen-bond donors (Lipinski definition) is 2. The number of nitrogens with zero attached hydrogens (tertiary/aromatic N) is 3. The Bertz CT molecular complexity index is 1720. The van der Waals surface area contributed by atoms with E-state index in [1.54, 1.807) is 54.5 Å². The Morgan fingerprint density at radius 2 is 1.68 bits per heavy atom. The molecule has 0 bridgehead atoms. The van der Waals surface area contributed by atoms with Gasteiger partial charge in [0.25, 0.3) is 0 Å². The molecule has 3 aromatic rings. The van der Waals surface area contributed by atoms with E-state index in [1.807, 2.05) is 6.92 Å². The number of anilines is 3. The van der Waals surface area contributed by atoms with Crippen LogP contribution in [0.1, 0.15) is 54.0 Å². The fourth-order valence-electron chi connectivity index (χ4n) is 5.24. The van der Waals surface area contributed by atoms with Crippen LogP contribution in [-0.4, -0.2) is 71.9 Å². The van der Waals surface area contributed by atoms with Crippen molar-refractivity contribution < 1.29 is 42.5 Å². The zero-order chi connectivity index (χ0) is 34.3. The Morgan fingerprint density at radius 1 is 0.957 bits per heavy atom. The Kier molecular flexibility index (Phi) is 9.18. The number of rotatable bonds is 4. The maximum atomic E-state index is 16.6. The number of nitrogens with one attached hydrogen (secondary N) is 2. The summed E-state index contributed by atoms with van der Waals surface area (Å²) >= 11 is 0. The third-order valence-electron chi connectivity index (χ3n) is 7.37.